The van der Waals surface area contributed by atoms with Crippen LogP contribution in [0.3, 0.4) is 0 Å². The zero-order valence-electron chi connectivity index (χ0n) is 12.5. The van der Waals surface area contributed by atoms with Crippen LogP contribution in [-0.2, 0) is 6.54 Å². The first kappa shape index (κ1) is 16.1. The summed E-state index contributed by atoms with van der Waals surface area (Å²) in [6.07, 6.45) is 1.20. The molecule has 2 unspecified atom stereocenters. The van der Waals surface area contributed by atoms with Crippen LogP contribution >= 0.6 is 23.2 Å². The van der Waals surface area contributed by atoms with Crippen LogP contribution in [0.4, 0.5) is 0 Å². The maximum atomic E-state index is 6.31. The van der Waals surface area contributed by atoms with Gasteiger partial charge in [-0.25, -0.2) is 0 Å². The first-order valence-electron chi connectivity index (χ1n) is 7.37. The molecule has 2 atom stereocenters. The molecule has 1 aromatic rings. The highest BCUT2D eigenvalue weighted by Crippen LogP contribution is 2.28. The standard InChI is InChI=1S/C16H24Cl2N2/c1-11(2)7-13-8-19-12(3)9-20(13)10-14-15(17)5-4-6-16(14)18/h4-6,11-13,19H,7-10H2,1-3H3. The van der Waals surface area contributed by atoms with Gasteiger partial charge in [-0.05, 0) is 31.4 Å². The lowest BCUT2D eigenvalue weighted by molar-refractivity contribution is 0.111. The first-order chi connectivity index (χ1) is 9.47. The Morgan fingerprint density at radius 1 is 1.30 bits per heavy atom. The first-order valence-corrected chi connectivity index (χ1v) is 8.13. The Bertz CT molecular complexity index is 428. The molecule has 1 heterocycles. The van der Waals surface area contributed by atoms with Gasteiger partial charge in [0, 0.05) is 47.3 Å². The van der Waals surface area contributed by atoms with Crippen LogP contribution < -0.4 is 5.32 Å². The molecule has 1 N–H and O–H groups in total. The zero-order chi connectivity index (χ0) is 14.7. The Balaban J connectivity index is 2.14. The van der Waals surface area contributed by atoms with Crippen molar-refractivity contribution in [2.24, 2.45) is 5.92 Å². The van der Waals surface area contributed by atoms with E-state index in [1.165, 1.54) is 6.42 Å². The Hall–Kier alpha value is -0.280. The molecule has 0 radical (unpaired) electrons. The topological polar surface area (TPSA) is 15.3 Å². The highest BCUT2D eigenvalue weighted by atomic mass is 35.5. The molecule has 1 aromatic carbocycles. The third kappa shape index (κ3) is 4.11. The second-order valence-electron chi connectivity index (χ2n) is 6.22. The number of rotatable bonds is 4. The van der Waals surface area contributed by atoms with E-state index in [1.54, 1.807) is 0 Å². The monoisotopic (exact) mass is 314 g/mol. The predicted octanol–water partition coefficient (Wildman–Crippen LogP) is 4.20. The van der Waals surface area contributed by atoms with Crippen molar-refractivity contribution in [2.45, 2.75) is 45.8 Å². The number of benzene rings is 1. The van der Waals surface area contributed by atoms with Crippen molar-refractivity contribution in [3.63, 3.8) is 0 Å². The van der Waals surface area contributed by atoms with E-state index in [4.69, 9.17) is 23.2 Å². The van der Waals surface area contributed by atoms with Gasteiger partial charge in [-0.3, -0.25) is 4.90 Å². The van der Waals surface area contributed by atoms with E-state index in [0.717, 1.165) is 35.2 Å². The fourth-order valence-electron chi connectivity index (χ4n) is 2.89. The number of nitrogens with zero attached hydrogens (tertiary/aromatic N) is 1. The fourth-order valence-corrected chi connectivity index (χ4v) is 3.41. The summed E-state index contributed by atoms with van der Waals surface area (Å²) in [5, 5.41) is 5.12. The minimum Gasteiger partial charge on any atom is -0.311 e. The van der Waals surface area contributed by atoms with Crippen molar-refractivity contribution in [3.05, 3.63) is 33.8 Å². The van der Waals surface area contributed by atoms with Crippen molar-refractivity contribution in [1.82, 2.24) is 10.2 Å². The SMILES string of the molecule is CC(C)CC1CNC(C)CN1Cc1c(Cl)cccc1Cl. The molecule has 0 amide bonds. The van der Waals surface area contributed by atoms with Crippen LogP contribution in [0.5, 0.6) is 0 Å². The minimum absolute atomic E-state index is 0.514. The van der Waals surface area contributed by atoms with E-state index in [-0.39, 0.29) is 0 Å². The normalized spacial score (nSPS) is 24.3. The Morgan fingerprint density at radius 2 is 1.95 bits per heavy atom. The van der Waals surface area contributed by atoms with E-state index < -0.39 is 0 Å². The van der Waals surface area contributed by atoms with Gasteiger partial charge in [0.2, 0.25) is 0 Å². The molecule has 0 spiro atoms. The van der Waals surface area contributed by atoms with Crippen LogP contribution in [0.15, 0.2) is 18.2 Å². The predicted molar refractivity (Wildman–Crippen MR) is 87.6 cm³/mol. The van der Waals surface area contributed by atoms with Gasteiger partial charge in [-0.1, -0.05) is 43.1 Å². The second-order valence-corrected chi connectivity index (χ2v) is 7.04. The van der Waals surface area contributed by atoms with E-state index in [2.05, 4.69) is 31.0 Å². The second kappa shape index (κ2) is 7.13. The van der Waals surface area contributed by atoms with Gasteiger partial charge in [0.1, 0.15) is 0 Å². The lowest BCUT2D eigenvalue weighted by atomic mass is 9.98. The Kier molecular flexibility index (Phi) is 5.74. The maximum Gasteiger partial charge on any atom is 0.0465 e. The quantitative estimate of drug-likeness (QED) is 0.896. The maximum absolute atomic E-state index is 6.31. The fraction of sp³-hybridized carbons (Fsp3) is 0.625. The number of piperazine rings is 1. The zero-order valence-corrected chi connectivity index (χ0v) is 14.0. The van der Waals surface area contributed by atoms with Crippen molar-refractivity contribution in [1.29, 1.82) is 0 Å². The highest BCUT2D eigenvalue weighted by Gasteiger charge is 2.27. The van der Waals surface area contributed by atoms with Crippen molar-refractivity contribution in [2.75, 3.05) is 13.1 Å². The molecular weight excluding hydrogens is 291 g/mol. The average Bonchev–Trinajstić information content (AvgIpc) is 2.36. The summed E-state index contributed by atoms with van der Waals surface area (Å²) in [5.74, 6) is 0.694. The van der Waals surface area contributed by atoms with Crippen LogP contribution in [0.25, 0.3) is 0 Å². The number of hydrogen-bond acceptors (Lipinski definition) is 2. The highest BCUT2D eigenvalue weighted by molar-refractivity contribution is 6.35. The summed E-state index contributed by atoms with van der Waals surface area (Å²) in [6.45, 7) is 9.70. The molecule has 1 fully saturated rings. The third-order valence-electron chi connectivity index (χ3n) is 3.89. The van der Waals surface area contributed by atoms with E-state index in [9.17, 15) is 0 Å². The molecule has 1 aliphatic rings. The van der Waals surface area contributed by atoms with Gasteiger partial charge >= 0.3 is 0 Å². The number of nitrogens with one attached hydrogen (secondary N) is 1. The van der Waals surface area contributed by atoms with Crippen molar-refractivity contribution >= 4 is 23.2 Å². The summed E-state index contributed by atoms with van der Waals surface area (Å²) < 4.78 is 0. The van der Waals surface area contributed by atoms with Gasteiger partial charge in [-0.2, -0.15) is 0 Å². The van der Waals surface area contributed by atoms with Crippen molar-refractivity contribution in [3.8, 4) is 0 Å². The molecule has 2 nitrogen and oxygen atoms in total. The van der Waals surface area contributed by atoms with Gasteiger partial charge in [0.05, 0.1) is 0 Å². The molecule has 0 bridgehead atoms. The molecule has 0 saturated carbocycles. The lowest BCUT2D eigenvalue weighted by Gasteiger charge is -2.40. The average molecular weight is 315 g/mol. The van der Waals surface area contributed by atoms with E-state index in [0.29, 0.717) is 18.0 Å². The van der Waals surface area contributed by atoms with Crippen LogP contribution in [-0.4, -0.2) is 30.1 Å². The summed E-state index contributed by atoms with van der Waals surface area (Å²) in [5.41, 5.74) is 1.05. The molecule has 20 heavy (non-hydrogen) atoms. The summed E-state index contributed by atoms with van der Waals surface area (Å²) >= 11 is 12.6. The lowest BCUT2D eigenvalue weighted by Crippen LogP contribution is -2.55. The Morgan fingerprint density at radius 3 is 2.55 bits per heavy atom. The van der Waals surface area contributed by atoms with Crippen LogP contribution in [0.1, 0.15) is 32.8 Å². The smallest absolute Gasteiger partial charge is 0.0465 e. The molecule has 0 aromatic heterocycles. The number of halogens is 2. The van der Waals surface area contributed by atoms with Gasteiger partial charge in [0.25, 0.3) is 0 Å². The summed E-state index contributed by atoms with van der Waals surface area (Å²) in [7, 11) is 0. The largest absolute Gasteiger partial charge is 0.311 e. The van der Waals surface area contributed by atoms with E-state index in [1.807, 2.05) is 18.2 Å². The summed E-state index contributed by atoms with van der Waals surface area (Å²) in [6, 6.07) is 6.82. The molecule has 112 valence electrons. The van der Waals surface area contributed by atoms with Crippen molar-refractivity contribution < 1.29 is 0 Å². The van der Waals surface area contributed by atoms with E-state index >= 15 is 0 Å². The summed E-state index contributed by atoms with van der Waals surface area (Å²) in [4.78, 5) is 2.52. The van der Waals surface area contributed by atoms with Crippen LogP contribution in [0, 0.1) is 5.92 Å². The third-order valence-corrected chi connectivity index (χ3v) is 4.60. The molecule has 2 rings (SSSR count). The van der Waals surface area contributed by atoms with Gasteiger partial charge in [0.15, 0.2) is 0 Å². The van der Waals surface area contributed by atoms with Gasteiger partial charge in [-0.15, -0.1) is 0 Å². The van der Waals surface area contributed by atoms with Crippen LogP contribution in [0.2, 0.25) is 10.0 Å². The molecular formula is C16H24Cl2N2. The Labute approximate surface area is 132 Å². The minimum atomic E-state index is 0.514. The molecule has 4 heteroatoms. The molecule has 1 saturated heterocycles. The number of hydrogen-bond donors (Lipinski definition) is 1. The molecule has 1 aliphatic heterocycles. The molecule has 0 aliphatic carbocycles. The van der Waals surface area contributed by atoms with Gasteiger partial charge < -0.3 is 5.32 Å².